The minimum absolute atomic E-state index is 0.00257. The van der Waals surface area contributed by atoms with E-state index < -0.39 is 8.07 Å². The summed E-state index contributed by atoms with van der Waals surface area (Å²) in [6.45, 7) is 0. The van der Waals surface area contributed by atoms with Gasteiger partial charge in [-0.2, -0.15) is 0 Å². The lowest BCUT2D eigenvalue weighted by atomic mass is 9.60. The summed E-state index contributed by atoms with van der Waals surface area (Å²) in [6.07, 6.45) is 0. The van der Waals surface area contributed by atoms with Crippen LogP contribution in [-0.4, -0.2) is 8.07 Å². The molecular formula is C62H42OSi. The van der Waals surface area contributed by atoms with Gasteiger partial charge in [-0.15, -0.1) is 0 Å². The van der Waals surface area contributed by atoms with Crippen molar-refractivity contribution in [1.82, 2.24) is 0 Å². The first-order valence-corrected chi connectivity index (χ1v) is 24.4. The van der Waals surface area contributed by atoms with Crippen molar-refractivity contribution in [2.45, 2.75) is 11.8 Å². The molecule has 1 heterocycles. The zero-order chi connectivity index (χ0) is 42.2. The van der Waals surface area contributed by atoms with E-state index in [1.807, 2.05) is 0 Å². The molecule has 1 nitrogen and oxygen atoms in total. The molecular weight excluding hydrogens is 789 g/mol. The maximum atomic E-state index is 6.53. The Morgan fingerprint density at radius 1 is 0.312 bits per heavy atom. The lowest BCUT2D eigenvalue weighted by molar-refractivity contribution is 0.669. The second-order valence-electron chi connectivity index (χ2n) is 17.4. The number of fused-ring (bicyclic) bond motifs is 3. The van der Waals surface area contributed by atoms with Crippen LogP contribution < -0.4 is 20.7 Å². The van der Waals surface area contributed by atoms with Crippen LogP contribution in [0.15, 0.2) is 247 Å². The highest BCUT2D eigenvalue weighted by Gasteiger charge is 2.50. The second-order valence-corrected chi connectivity index (χ2v) is 21.2. The van der Waals surface area contributed by atoms with Gasteiger partial charge < -0.3 is 4.42 Å². The third-order valence-corrected chi connectivity index (χ3v) is 19.0. The molecule has 0 saturated carbocycles. The number of hydrogen-bond donors (Lipinski definition) is 0. The quantitative estimate of drug-likeness (QED) is 0.115. The third kappa shape index (κ3) is 5.43. The molecule has 0 amide bonds. The van der Waals surface area contributed by atoms with Gasteiger partial charge >= 0.3 is 0 Å². The molecule has 0 aliphatic heterocycles. The number of furan rings is 1. The highest BCUT2D eigenvalue weighted by Crippen LogP contribution is 2.58. The van der Waals surface area contributed by atoms with Crippen LogP contribution in [0.3, 0.4) is 0 Å². The summed E-state index contributed by atoms with van der Waals surface area (Å²) >= 11 is 0. The van der Waals surface area contributed by atoms with E-state index in [9.17, 15) is 0 Å². The normalized spacial score (nSPS) is 14.9. The number of para-hydroxylation sites is 1. The highest BCUT2D eigenvalue weighted by atomic mass is 28.3. The Balaban J connectivity index is 1.16. The van der Waals surface area contributed by atoms with E-state index in [-0.39, 0.29) is 11.8 Å². The maximum absolute atomic E-state index is 6.53. The summed E-state index contributed by atoms with van der Waals surface area (Å²) in [5.41, 5.74) is 17.7. The summed E-state index contributed by atoms with van der Waals surface area (Å²) in [5, 5.41) is 7.90. The van der Waals surface area contributed by atoms with Gasteiger partial charge in [0, 0.05) is 22.6 Å². The van der Waals surface area contributed by atoms with Crippen molar-refractivity contribution in [3.8, 4) is 33.4 Å². The lowest BCUT2D eigenvalue weighted by Gasteiger charge is -2.47. The molecule has 11 aromatic rings. The molecule has 300 valence electrons. The molecule has 2 heteroatoms. The van der Waals surface area contributed by atoms with Crippen LogP contribution in [0.5, 0.6) is 0 Å². The summed E-state index contributed by atoms with van der Waals surface area (Å²) < 4.78 is 6.53. The summed E-state index contributed by atoms with van der Waals surface area (Å²) in [6, 6.07) is 91.1. The Labute approximate surface area is 374 Å². The lowest BCUT2D eigenvalue weighted by Crippen LogP contribution is -2.75. The van der Waals surface area contributed by atoms with E-state index in [1.54, 1.807) is 0 Å². The Hall–Kier alpha value is -7.78. The van der Waals surface area contributed by atoms with Crippen molar-refractivity contribution < 1.29 is 4.42 Å². The van der Waals surface area contributed by atoms with E-state index in [0.29, 0.717) is 0 Å². The van der Waals surface area contributed by atoms with Gasteiger partial charge in [-0.3, -0.25) is 0 Å². The summed E-state index contributed by atoms with van der Waals surface area (Å²) in [7, 11) is -3.17. The molecule has 2 unspecified atom stereocenters. The number of hydrogen-bond acceptors (Lipinski definition) is 1. The zero-order valence-electron chi connectivity index (χ0n) is 35.2. The van der Waals surface area contributed by atoms with Gasteiger partial charge in [-0.25, -0.2) is 0 Å². The molecule has 3 aliphatic rings. The summed E-state index contributed by atoms with van der Waals surface area (Å²) in [4.78, 5) is 0. The monoisotopic (exact) mass is 830 g/mol. The van der Waals surface area contributed by atoms with Gasteiger partial charge in [-0.1, -0.05) is 224 Å². The molecule has 2 atom stereocenters. The van der Waals surface area contributed by atoms with Crippen molar-refractivity contribution >= 4 is 50.8 Å². The fourth-order valence-electron chi connectivity index (χ4n) is 11.7. The Kier molecular flexibility index (Phi) is 8.44. The smallest absolute Gasteiger partial charge is 0.179 e. The van der Waals surface area contributed by atoms with Gasteiger partial charge in [0.05, 0.1) is 0 Å². The largest absolute Gasteiger partial charge is 0.456 e. The predicted octanol–water partition coefficient (Wildman–Crippen LogP) is 13.0. The number of rotatable bonds is 7. The van der Waals surface area contributed by atoms with Crippen LogP contribution in [0, 0.1) is 0 Å². The van der Waals surface area contributed by atoms with Crippen LogP contribution >= 0.6 is 0 Å². The van der Waals surface area contributed by atoms with Crippen LogP contribution in [0.25, 0.3) is 55.3 Å². The van der Waals surface area contributed by atoms with Gasteiger partial charge in [-0.05, 0) is 106 Å². The first-order valence-electron chi connectivity index (χ1n) is 22.4. The number of benzene rings is 10. The molecule has 0 spiro atoms. The Bertz CT molecular complexity index is 3460. The van der Waals surface area contributed by atoms with Crippen molar-refractivity contribution in [3.63, 3.8) is 0 Å². The van der Waals surface area contributed by atoms with Crippen molar-refractivity contribution in [1.29, 1.82) is 0 Å². The molecule has 0 fully saturated rings. The Morgan fingerprint density at radius 3 is 1.45 bits per heavy atom. The van der Waals surface area contributed by atoms with Crippen molar-refractivity contribution in [2.24, 2.45) is 0 Å². The minimum Gasteiger partial charge on any atom is -0.456 e. The van der Waals surface area contributed by atoms with E-state index in [0.717, 1.165) is 16.6 Å². The van der Waals surface area contributed by atoms with E-state index in [1.165, 1.54) is 92.9 Å². The Morgan fingerprint density at radius 2 is 0.797 bits per heavy atom. The fourth-order valence-corrected chi connectivity index (χ4v) is 16.8. The fraction of sp³-hybridized carbons (Fsp3) is 0.0323. The van der Waals surface area contributed by atoms with Gasteiger partial charge in [0.25, 0.3) is 0 Å². The maximum Gasteiger partial charge on any atom is 0.179 e. The zero-order valence-corrected chi connectivity index (χ0v) is 36.2. The predicted molar refractivity (Wildman–Crippen MR) is 268 cm³/mol. The highest BCUT2D eigenvalue weighted by molar-refractivity contribution is 7.20. The topological polar surface area (TPSA) is 13.1 Å². The van der Waals surface area contributed by atoms with Crippen LogP contribution in [0.4, 0.5) is 0 Å². The van der Waals surface area contributed by atoms with Gasteiger partial charge in [0.2, 0.25) is 0 Å². The van der Waals surface area contributed by atoms with Gasteiger partial charge in [0.15, 0.2) is 8.07 Å². The molecule has 64 heavy (non-hydrogen) atoms. The van der Waals surface area contributed by atoms with Gasteiger partial charge in [0.1, 0.15) is 11.2 Å². The van der Waals surface area contributed by atoms with Crippen molar-refractivity contribution in [3.05, 3.63) is 276 Å². The molecule has 0 radical (unpaired) electrons. The average molecular weight is 831 g/mol. The van der Waals surface area contributed by atoms with Crippen molar-refractivity contribution in [2.75, 3.05) is 0 Å². The SMILES string of the molecule is c1ccc(-c2cc(-c3ccccc3)cc([Si](c3ccccc3)(c3ccccc3)c3cccc4c3C3c5ccccc5C4c4cccc(-c5cccc6oc7ccccc7c56)c43)c2)cc1. The molecule has 14 rings (SSSR count). The summed E-state index contributed by atoms with van der Waals surface area (Å²) in [5.74, 6) is 0.0809. The molecule has 0 N–H and O–H groups in total. The van der Waals surface area contributed by atoms with E-state index in [2.05, 4.69) is 243 Å². The minimum atomic E-state index is -3.17. The molecule has 3 aliphatic carbocycles. The molecule has 1 aromatic heterocycles. The first kappa shape index (κ1) is 36.8. The van der Waals surface area contributed by atoms with E-state index in [4.69, 9.17) is 4.42 Å². The standard InChI is InChI=1S/C62H42OSi/c1-5-20-41(21-6-1)43-38-44(42-22-7-2-8-23-42)40-47(39-43)64(45-24-9-3-10-25-45,46-26-11-4-12-27-46)57-37-19-34-54-58-48-28-13-14-29-51(48)62(61(54)57)60-50(31-17-33-53(58)60)49-32-18-36-56-59(49)52-30-15-16-35-55(52)63-56/h1-40,58,62H. The van der Waals surface area contributed by atoms with Crippen LogP contribution in [0.1, 0.15) is 45.2 Å². The third-order valence-electron chi connectivity index (χ3n) is 14.2. The average Bonchev–Trinajstić information content (AvgIpc) is 3.77. The second kappa shape index (κ2) is 14.7. The molecule has 10 aromatic carbocycles. The van der Waals surface area contributed by atoms with Crippen LogP contribution in [-0.2, 0) is 0 Å². The first-order chi connectivity index (χ1) is 31.8. The molecule has 2 bridgehead atoms. The molecule has 0 saturated heterocycles. The van der Waals surface area contributed by atoms with E-state index >= 15 is 0 Å². The van der Waals surface area contributed by atoms with Crippen LogP contribution in [0.2, 0.25) is 0 Å².